The average Bonchev–Trinajstić information content (AvgIpc) is 2.35. The third kappa shape index (κ3) is 4.87. The molecule has 3 N–H and O–H groups in total. The van der Waals surface area contributed by atoms with Crippen LogP contribution in [0.3, 0.4) is 0 Å². The highest BCUT2D eigenvalue weighted by Crippen LogP contribution is 2.17. The number of nitrogens with zero attached hydrogens (tertiary/aromatic N) is 1. The second-order valence-corrected chi connectivity index (χ2v) is 4.33. The van der Waals surface area contributed by atoms with Crippen LogP contribution in [0.15, 0.2) is 24.3 Å². The van der Waals surface area contributed by atoms with Crippen molar-refractivity contribution in [2.24, 2.45) is 0 Å². The number of rotatable bonds is 5. The molecule has 0 saturated heterocycles. The van der Waals surface area contributed by atoms with Gasteiger partial charge in [0.1, 0.15) is 5.75 Å². The molecule has 0 aliphatic carbocycles. The molecular formula is C13H18N2O4. The third-order valence-corrected chi connectivity index (χ3v) is 2.72. The normalized spacial score (nSPS) is 11.7. The Labute approximate surface area is 111 Å². The summed E-state index contributed by atoms with van der Waals surface area (Å²) >= 11 is 0. The number of nitrogens with one attached hydrogen (secondary N) is 1. The van der Waals surface area contributed by atoms with Crippen molar-refractivity contribution in [3.63, 3.8) is 0 Å². The van der Waals surface area contributed by atoms with Crippen molar-refractivity contribution in [3.05, 3.63) is 29.8 Å². The summed E-state index contributed by atoms with van der Waals surface area (Å²) in [4.78, 5) is 23.5. The molecule has 0 aromatic heterocycles. The fraction of sp³-hybridized carbons (Fsp3) is 0.385. The summed E-state index contributed by atoms with van der Waals surface area (Å²) in [6.45, 7) is 1.94. The average molecular weight is 266 g/mol. The predicted octanol–water partition coefficient (Wildman–Crippen LogP) is 1.57. The number of carbonyl (C=O) groups is 2. The molecule has 104 valence electrons. The summed E-state index contributed by atoms with van der Waals surface area (Å²) in [6.07, 6.45) is -0.0928. The highest BCUT2D eigenvalue weighted by molar-refractivity contribution is 5.75. The first-order chi connectivity index (χ1) is 8.90. The first-order valence-electron chi connectivity index (χ1n) is 5.92. The summed E-state index contributed by atoms with van der Waals surface area (Å²) in [5, 5.41) is 20.6. The first-order valence-corrected chi connectivity index (χ1v) is 5.92. The lowest BCUT2D eigenvalue weighted by Crippen LogP contribution is -2.39. The Morgan fingerprint density at radius 2 is 2.11 bits per heavy atom. The van der Waals surface area contributed by atoms with Gasteiger partial charge >= 0.3 is 12.0 Å². The summed E-state index contributed by atoms with van der Waals surface area (Å²) < 4.78 is 0. The predicted molar refractivity (Wildman–Crippen MR) is 69.9 cm³/mol. The minimum absolute atomic E-state index is 0.0928. The van der Waals surface area contributed by atoms with E-state index < -0.39 is 5.97 Å². The highest BCUT2D eigenvalue weighted by Gasteiger charge is 2.14. The van der Waals surface area contributed by atoms with E-state index in [2.05, 4.69) is 5.32 Å². The molecule has 0 radical (unpaired) electrons. The molecule has 0 spiro atoms. The van der Waals surface area contributed by atoms with Gasteiger partial charge in [0.05, 0.1) is 12.5 Å². The van der Waals surface area contributed by atoms with Crippen LogP contribution in [0, 0.1) is 0 Å². The zero-order chi connectivity index (χ0) is 14.4. The van der Waals surface area contributed by atoms with E-state index in [1.165, 1.54) is 11.9 Å². The molecule has 19 heavy (non-hydrogen) atoms. The fourth-order valence-electron chi connectivity index (χ4n) is 1.54. The summed E-state index contributed by atoms with van der Waals surface area (Å²) in [5.41, 5.74) is 0.778. The molecule has 0 heterocycles. The van der Waals surface area contributed by atoms with Crippen LogP contribution in [0.25, 0.3) is 0 Å². The summed E-state index contributed by atoms with van der Waals surface area (Å²) in [6, 6.07) is 5.99. The molecule has 1 unspecified atom stereocenters. The van der Waals surface area contributed by atoms with E-state index in [1.54, 1.807) is 31.2 Å². The van der Waals surface area contributed by atoms with E-state index in [1.807, 2.05) is 0 Å². The SMILES string of the molecule is CC(NC(=O)N(C)CCC(=O)O)c1cccc(O)c1. The number of aromatic hydroxyl groups is 1. The Morgan fingerprint density at radius 3 is 2.68 bits per heavy atom. The second kappa shape index (κ2) is 6.63. The zero-order valence-electron chi connectivity index (χ0n) is 11.0. The van der Waals surface area contributed by atoms with Crippen LogP contribution in [0.5, 0.6) is 5.75 Å². The smallest absolute Gasteiger partial charge is 0.317 e. The molecule has 1 atom stereocenters. The van der Waals surface area contributed by atoms with Gasteiger partial charge in [0.2, 0.25) is 0 Å². The van der Waals surface area contributed by atoms with E-state index in [9.17, 15) is 14.7 Å². The minimum Gasteiger partial charge on any atom is -0.508 e. The van der Waals surface area contributed by atoms with Gasteiger partial charge in [-0.3, -0.25) is 4.79 Å². The van der Waals surface area contributed by atoms with Gasteiger partial charge in [-0.25, -0.2) is 4.79 Å². The van der Waals surface area contributed by atoms with Crippen molar-refractivity contribution in [3.8, 4) is 5.75 Å². The van der Waals surface area contributed by atoms with Crippen molar-refractivity contribution in [2.75, 3.05) is 13.6 Å². The molecule has 1 aromatic carbocycles. The van der Waals surface area contributed by atoms with Crippen LogP contribution < -0.4 is 5.32 Å². The van der Waals surface area contributed by atoms with Gasteiger partial charge < -0.3 is 20.4 Å². The van der Waals surface area contributed by atoms with Gasteiger partial charge in [-0.2, -0.15) is 0 Å². The lowest BCUT2D eigenvalue weighted by atomic mass is 10.1. The monoisotopic (exact) mass is 266 g/mol. The van der Waals surface area contributed by atoms with E-state index in [4.69, 9.17) is 5.11 Å². The number of carboxylic acid groups (broad SMARTS) is 1. The van der Waals surface area contributed by atoms with Gasteiger partial charge in [-0.05, 0) is 24.6 Å². The van der Waals surface area contributed by atoms with Crippen LogP contribution >= 0.6 is 0 Å². The van der Waals surface area contributed by atoms with Crippen molar-refractivity contribution in [1.29, 1.82) is 0 Å². The van der Waals surface area contributed by atoms with Gasteiger partial charge in [0, 0.05) is 13.6 Å². The molecule has 0 aliphatic heterocycles. The highest BCUT2D eigenvalue weighted by atomic mass is 16.4. The Morgan fingerprint density at radius 1 is 1.42 bits per heavy atom. The molecular weight excluding hydrogens is 248 g/mol. The van der Waals surface area contributed by atoms with Gasteiger partial charge in [0.25, 0.3) is 0 Å². The van der Waals surface area contributed by atoms with Gasteiger partial charge in [0.15, 0.2) is 0 Å². The first kappa shape index (κ1) is 14.8. The Balaban J connectivity index is 2.54. The van der Waals surface area contributed by atoms with Crippen LogP contribution in [0.2, 0.25) is 0 Å². The van der Waals surface area contributed by atoms with E-state index in [0.717, 1.165) is 5.56 Å². The number of phenols is 1. The lowest BCUT2D eigenvalue weighted by Gasteiger charge is -2.21. The number of carboxylic acids is 1. The van der Waals surface area contributed by atoms with Crippen molar-refractivity contribution < 1.29 is 19.8 Å². The number of carbonyl (C=O) groups excluding carboxylic acids is 1. The molecule has 1 rings (SSSR count). The Kier molecular flexibility index (Phi) is 5.17. The van der Waals surface area contributed by atoms with Crippen LogP contribution in [0.4, 0.5) is 4.79 Å². The topological polar surface area (TPSA) is 89.9 Å². The Bertz CT molecular complexity index is 462. The second-order valence-electron chi connectivity index (χ2n) is 4.33. The number of urea groups is 1. The number of aliphatic carboxylic acids is 1. The zero-order valence-corrected chi connectivity index (χ0v) is 11.0. The third-order valence-electron chi connectivity index (χ3n) is 2.72. The molecule has 0 bridgehead atoms. The number of hydrogen-bond donors (Lipinski definition) is 3. The number of hydrogen-bond acceptors (Lipinski definition) is 3. The van der Waals surface area contributed by atoms with Gasteiger partial charge in [-0.15, -0.1) is 0 Å². The maximum absolute atomic E-state index is 11.8. The maximum atomic E-state index is 11.8. The largest absolute Gasteiger partial charge is 0.508 e. The summed E-state index contributed by atoms with van der Waals surface area (Å²) in [7, 11) is 1.54. The number of phenolic OH excluding ortho intramolecular Hbond substituents is 1. The molecule has 0 fully saturated rings. The lowest BCUT2D eigenvalue weighted by molar-refractivity contribution is -0.137. The van der Waals surface area contributed by atoms with Crippen LogP contribution in [-0.4, -0.2) is 40.7 Å². The van der Waals surface area contributed by atoms with Crippen LogP contribution in [-0.2, 0) is 4.79 Å². The quantitative estimate of drug-likeness (QED) is 0.754. The van der Waals surface area contributed by atoms with E-state index in [-0.39, 0.29) is 30.8 Å². The standard InChI is InChI=1S/C13H18N2O4/c1-9(10-4-3-5-11(16)8-10)14-13(19)15(2)7-6-12(17)18/h3-5,8-9,16H,6-7H2,1-2H3,(H,14,19)(H,17,18). The molecule has 0 saturated carbocycles. The van der Waals surface area contributed by atoms with Crippen molar-refractivity contribution >= 4 is 12.0 Å². The minimum atomic E-state index is -0.944. The molecule has 6 nitrogen and oxygen atoms in total. The molecule has 2 amide bonds. The fourth-order valence-corrected chi connectivity index (χ4v) is 1.54. The number of amides is 2. The molecule has 0 aliphatic rings. The maximum Gasteiger partial charge on any atom is 0.317 e. The summed E-state index contributed by atoms with van der Waals surface area (Å²) in [5.74, 6) is -0.807. The van der Waals surface area contributed by atoms with Crippen molar-refractivity contribution in [1.82, 2.24) is 10.2 Å². The van der Waals surface area contributed by atoms with E-state index >= 15 is 0 Å². The number of benzene rings is 1. The Hall–Kier alpha value is -2.24. The van der Waals surface area contributed by atoms with E-state index in [0.29, 0.717) is 0 Å². The molecule has 6 heteroatoms. The van der Waals surface area contributed by atoms with Gasteiger partial charge in [-0.1, -0.05) is 12.1 Å². The van der Waals surface area contributed by atoms with Crippen molar-refractivity contribution in [2.45, 2.75) is 19.4 Å². The van der Waals surface area contributed by atoms with Crippen LogP contribution in [0.1, 0.15) is 24.9 Å². The molecule has 1 aromatic rings.